The summed E-state index contributed by atoms with van der Waals surface area (Å²) in [5.74, 6) is 1.99. The van der Waals surface area contributed by atoms with Crippen LogP contribution in [-0.4, -0.2) is 31.7 Å². The van der Waals surface area contributed by atoms with E-state index in [-0.39, 0.29) is 10.9 Å². The number of ether oxygens (including phenoxy) is 2. The molecule has 0 N–H and O–H groups in total. The number of rotatable bonds is 19. The van der Waals surface area contributed by atoms with E-state index in [1.807, 2.05) is 0 Å². The number of hydrogen-bond acceptors (Lipinski definition) is 5. The first-order valence-corrected chi connectivity index (χ1v) is 18.5. The van der Waals surface area contributed by atoms with E-state index in [1.165, 1.54) is 78.9 Å². The highest BCUT2D eigenvalue weighted by Crippen LogP contribution is 2.40. The molecule has 0 aliphatic rings. The fraction of sp³-hybridized carbons (Fsp3) is 0.486. The largest absolute Gasteiger partial charge is 0.741 e. The highest BCUT2D eigenvalue weighted by atomic mass is 32.2. The summed E-state index contributed by atoms with van der Waals surface area (Å²) in [4.78, 5) is 3.75. The Balaban J connectivity index is 0.000000777. The van der Waals surface area contributed by atoms with Gasteiger partial charge in [0.15, 0.2) is 26.5 Å². The first-order chi connectivity index (χ1) is 21.6. The maximum absolute atomic E-state index is 10.7. The molecule has 10 heteroatoms. The molecule has 0 spiro atoms. The second kappa shape index (κ2) is 21.2. The molecule has 0 radical (unpaired) electrons. The Hall–Kier alpha value is -2.69. The first kappa shape index (κ1) is 38.5. The Bertz CT molecular complexity index is 1260. The number of para-hydroxylation sites is 2. The van der Waals surface area contributed by atoms with Crippen LogP contribution in [0.1, 0.15) is 90.9 Å². The molecule has 0 aromatic heterocycles. The van der Waals surface area contributed by atoms with E-state index in [0.29, 0.717) is 0 Å². The lowest BCUT2D eigenvalue weighted by Crippen LogP contribution is -2.21. The molecule has 0 unspecified atom stereocenters. The van der Waals surface area contributed by atoms with Crippen molar-refractivity contribution in [3.05, 3.63) is 78.9 Å². The van der Waals surface area contributed by atoms with Crippen LogP contribution >= 0.6 is 0 Å². The van der Waals surface area contributed by atoms with Crippen LogP contribution in [0.15, 0.2) is 93.5 Å². The third kappa shape index (κ3) is 14.5. The maximum Gasteiger partial charge on any atom is 0.485 e. The molecule has 0 aliphatic carbocycles. The van der Waals surface area contributed by atoms with Gasteiger partial charge in [-0.1, -0.05) is 121 Å². The standard InChI is InChI=1S/C34H47O2S.CHF3O3S/c1-3-5-7-9-11-20-28-35-31-24-16-18-26-33(31)37(30-22-14-13-15-23-30)34-27-19-17-25-32(34)36-29-21-12-10-8-6-4-2;2-1(3,4)8(5,6)7/h13-19,22-27H,3-12,20-21,28-29H2,1-2H3;(H,5,6,7)/q+1;/p-1. The zero-order valence-electron chi connectivity index (χ0n) is 26.4. The highest BCUT2D eigenvalue weighted by molar-refractivity contribution is 7.97. The van der Waals surface area contributed by atoms with Crippen molar-refractivity contribution in [1.29, 1.82) is 0 Å². The van der Waals surface area contributed by atoms with Gasteiger partial charge in [0.25, 0.3) is 0 Å². The molecule has 5 nitrogen and oxygen atoms in total. The van der Waals surface area contributed by atoms with E-state index >= 15 is 0 Å². The first-order valence-electron chi connectivity index (χ1n) is 15.8. The second-order valence-corrected chi connectivity index (χ2v) is 14.0. The van der Waals surface area contributed by atoms with E-state index in [1.54, 1.807) is 0 Å². The van der Waals surface area contributed by atoms with E-state index in [0.717, 1.165) is 37.6 Å². The van der Waals surface area contributed by atoms with Crippen LogP contribution in [0.25, 0.3) is 0 Å². The van der Waals surface area contributed by atoms with E-state index in [9.17, 15) is 13.2 Å². The van der Waals surface area contributed by atoms with Gasteiger partial charge in [-0.15, -0.1) is 0 Å². The Labute approximate surface area is 270 Å². The predicted octanol–water partition coefficient (Wildman–Crippen LogP) is 10.3. The smallest absolute Gasteiger partial charge is 0.485 e. The third-order valence-electron chi connectivity index (χ3n) is 6.91. The highest BCUT2D eigenvalue weighted by Gasteiger charge is 2.37. The zero-order valence-corrected chi connectivity index (χ0v) is 28.0. The Morgan fingerprint density at radius 2 is 0.956 bits per heavy atom. The fourth-order valence-electron chi connectivity index (χ4n) is 4.53. The molecule has 0 saturated carbocycles. The SMILES string of the molecule is CCCCCCCCOc1ccccc1[S+](c1ccccc1)c1ccccc1OCCCCCCCC.O=S(=O)([O-])C(F)(F)F. The minimum absolute atomic E-state index is 0.311. The van der Waals surface area contributed by atoms with Gasteiger partial charge < -0.3 is 14.0 Å². The molecule has 0 aliphatic heterocycles. The lowest BCUT2D eigenvalue weighted by Gasteiger charge is -2.15. The normalized spacial score (nSPS) is 11.6. The van der Waals surface area contributed by atoms with Crippen molar-refractivity contribution in [2.24, 2.45) is 0 Å². The number of unbranched alkanes of at least 4 members (excludes halogenated alkanes) is 10. The molecule has 0 atom stereocenters. The molecule has 0 saturated heterocycles. The average molecular weight is 669 g/mol. The molecule has 3 aromatic rings. The van der Waals surface area contributed by atoms with Crippen molar-refractivity contribution < 1.29 is 35.6 Å². The fourth-order valence-corrected chi connectivity index (χ4v) is 6.79. The quantitative estimate of drug-likeness (QED) is 0.0550. The van der Waals surface area contributed by atoms with Crippen molar-refractivity contribution in [3.8, 4) is 11.5 Å². The van der Waals surface area contributed by atoms with Gasteiger partial charge in [-0.25, -0.2) is 8.42 Å². The van der Waals surface area contributed by atoms with Gasteiger partial charge in [0.1, 0.15) is 10.9 Å². The van der Waals surface area contributed by atoms with Gasteiger partial charge in [0.05, 0.1) is 13.2 Å². The number of alkyl halides is 3. The van der Waals surface area contributed by atoms with Crippen molar-refractivity contribution in [2.45, 2.75) is 111 Å². The summed E-state index contributed by atoms with van der Waals surface area (Å²) in [6.07, 6.45) is 15.2. The molecule has 0 heterocycles. The summed E-state index contributed by atoms with van der Waals surface area (Å²) in [5.41, 5.74) is -5.65. The Morgan fingerprint density at radius 3 is 1.36 bits per heavy atom. The summed E-state index contributed by atoms with van der Waals surface area (Å²) >= 11 is 0. The van der Waals surface area contributed by atoms with E-state index in [2.05, 4.69) is 92.7 Å². The van der Waals surface area contributed by atoms with Crippen molar-refractivity contribution in [3.63, 3.8) is 0 Å². The van der Waals surface area contributed by atoms with Gasteiger partial charge in [-0.3, -0.25) is 0 Å². The molecule has 45 heavy (non-hydrogen) atoms. The van der Waals surface area contributed by atoms with E-state index in [4.69, 9.17) is 22.4 Å². The monoisotopic (exact) mass is 668 g/mol. The molecule has 250 valence electrons. The number of benzene rings is 3. The lowest BCUT2D eigenvalue weighted by atomic mass is 10.1. The molecule has 3 aromatic carbocycles. The zero-order chi connectivity index (χ0) is 33.0. The van der Waals surface area contributed by atoms with Crippen LogP contribution in [0.4, 0.5) is 13.2 Å². The van der Waals surface area contributed by atoms with Crippen LogP contribution in [0.3, 0.4) is 0 Å². The van der Waals surface area contributed by atoms with Crippen LogP contribution in [-0.2, 0) is 21.0 Å². The van der Waals surface area contributed by atoms with Gasteiger partial charge >= 0.3 is 5.51 Å². The van der Waals surface area contributed by atoms with Crippen molar-refractivity contribution in [1.82, 2.24) is 0 Å². The topological polar surface area (TPSA) is 75.7 Å². The number of halogens is 3. The molecular formula is C35H47F3O5S2. The van der Waals surface area contributed by atoms with Gasteiger partial charge in [0.2, 0.25) is 9.79 Å². The van der Waals surface area contributed by atoms with Gasteiger partial charge in [0, 0.05) is 0 Å². The van der Waals surface area contributed by atoms with Crippen LogP contribution in [0.5, 0.6) is 11.5 Å². The van der Waals surface area contributed by atoms with Crippen LogP contribution in [0, 0.1) is 0 Å². The summed E-state index contributed by atoms with van der Waals surface area (Å²) < 4.78 is 71.7. The second-order valence-electron chi connectivity index (χ2n) is 10.6. The molecule has 0 fully saturated rings. The van der Waals surface area contributed by atoms with Crippen molar-refractivity contribution >= 4 is 21.0 Å². The van der Waals surface area contributed by atoms with Gasteiger partial charge in [-0.05, 0) is 49.2 Å². The molecule has 3 rings (SSSR count). The summed E-state index contributed by atoms with van der Waals surface area (Å²) in [6, 6.07) is 28.0. The average Bonchev–Trinajstić information content (AvgIpc) is 3.01. The summed E-state index contributed by atoms with van der Waals surface area (Å²) in [7, 11) is -6.40. The summed E-state index contributed by atoms with van der Waals surface area (Å²) in [6.45, 7) is 6.07. The van der Waals surface area contributed by atoms with E-state index < -0.39 is 15.6 Å². The minimum Gasteiger partial charge on any atom is -0.741 e. The van der Waals surface area contributed by atoms with Crippen LogP contribution < -0.4 is 9.47 Å². The number of hydrogen-bond donors (Lipinski definition) is 0. The Kier molecular flexibility index (Phi) is 18.1. The predicted molar refractivity (Wildman–Crippen MR) is 175 cm³/mol. The third-order valence-corrected chi connectivity index (χ3v) is 9.78. The minimum atomic E-state index is -6.09. The van der Waals surface area contributed by atoms with Gasteiger partial charge in [-0.2, -0.15) is 13.2 Å². The van der Waals surface area contributed by atoms with Crippen molar-refractivity contribution in [2.75, 3.05) is 13.2 Å². The molecule has 0 bridgehead atoms. The summed E-state index contributed by atoms with van der Waals surface area (Å²) in [5, 5.41) is 0. The lowest BCUT2D eigenvalue weighted by molar-refractivity contribution is -0.0517. The maximum atomic E-state index is 10.7. The molecular weight excluding hydrogens is 622 g/mol. The molecule has 0 amide bonds. The van der Waals surface area contributed by atoms with Crippen LogP contribution in [0.2, 0.25) is 0 Å². The Morgan fingerprint density at radius 1 is 0.600 bits per heavy atom.